The number of rotatable bonds is 39. The van der Waals surface area contributed by atoms with Crippen molar-refractivity contribution < 1.29 is 72.9 Å². The third-order valence-electron chi connectivity index (χ3n) is 12.7. The Kier molecular flexibility index (Phi) is 32.5. The lowest BCUT2D eigenvalue weighted by molar-refractivity contribution is -0.143. The molecule has 0 aliphatic heterocycles. The number of nitrogens with one attached hydrogen (secondary N) is 9. The summed E-state index contributed by atoms with van der Waals surface area (Å²) in [5, 5.41) is 51.4. The molecule has 0 unspecified atom stereocenters. The van der Waals surface area contributed by atoms with Crippen molar-refractivity contribution in [1.29, 1.82) is 0 Å². The van der Waals surface area contributed by atoms with Crippen molar-refractivity contribution in [2.45, 2.75) is 180 Å². The zero-order valence-corrected chi connectivity index (χ0v) is 46.4. The van der Waals surface area contributed by atoms with E-state index in [0.717, 1.165) is 0 Å². The van der Waals surface area contributed by atoms with Gasteiger partial charge in [0, 0.05) is 12.8 Å². The molecule has 27 nitrogen and oxygen atoms in total. The van der Waals surface area contributed by atoms with Crippen LogP contribution in [0.5, 0.6) is 0 Å². The van der Waals surface area contributed by atoms with E-state index >= 15 is 0 Å². The molecule has 444 valence electrons. The lowest BCUT2D eigenvalue weighted by Crippen LogP contribution is -2.61. The molecule has 0 aliphatic rings. The number of carboxylic acids is 3. The molecule has 10 atom stereocenters. The van der Waals surface area contributed by atoms with Gasteiger partial charge in [-0.1, -0.05) is 78.3 Å². The molecular formula is C52H86N12O15. The first-order valence-electron chi connectivity index (χ1n) is 26.7. The van der Waals surface area contributed by atoms with Gasteiger partial charge < -0.3 is 80.4 Å². The number of hydrogen-bond acceptors (Lipinski definition) is 15. The van der Waals surface area contributed by atoms with Gasteiger partial charge in [-0.25, -0.2) is 4.79 Å². The summed E-state index contributed by atoms with van der Waals surface area (Å²) in [6, 6.07) is -4.20. The standard InChI is InChI=1S/C52H86N12O15/c1-8-30(6)43(64-49(75)36(24-28(2)3)61-48(74)38(26-41(68)69)60-44(70)31(7)56-50(76)42(29(4)5)63-39(65)27-55)51(77)58-34(19-13-15-23-54)45(71)57-33(18-12-14-22-53)46(72)62-37(25-32-16-10-9-11-17-32)47(73)59-35(52(78)79)20-21-40(66)67/h9-11,16-17,28-31,33-38,42-43H,8,12-15,18-27,53-55H2,1-7H3,(H,56,76)(H,57,71)(H,58,77)(H,59,73)(H,60,70)(H,61,74)(H,62,72)(H,63,65)(H,64,75)(H,66,67)(H,68,69)(H,78,79)/t30-,31-,33-,34-,35-,36-,37-,38-,42-,43-/m0/s1. The molecule has 18 N–H and O–H groups in total. The van der Waals surface area contributed by atoms with E-state index in [2.05, 4.69) is 47.9 Å². The average molecular weight is 1120 g/mol. The first kappa shape index (κ1) is 69.8. The second-order valence-corrected chi connectivity index (χ2v) is 20.2. The molecule has 0 bridgehead atoms. The molecule has 0 radical (unpaired) electrons. The van der Waals surface area contributed by atoms with Crippen molar-refractivity contribution in [3.8, 4) is 0 Å². The van der Waals surface area contributed by atoms with Gasteiger partial charge in [0.05, 0.1) is 13.0 Å². The zero-order chi connectivity index (χ0) is 59.9. The Hall–Kier alpha value is -7.26. The summed E-state index contributed by atoms with van der Waals surface area (Å²) in [6.45, 7) is 11.5. The molecule has 0 spiro atoms. The van der Waals surface area contributed by atoms with Gasteiger partial charge in [0.25, 0.3) is 0 Å². The highest BCUT2D eigenvalue weighted by molar-refractivity contribution is 5.99. The molecular weight excluding hydrogens is 1030 g/mol. The molecule has 0 aliphatic carbocycles. The van der Waals surface area contributed by atoms with E-state index < -0.39 is 163 Å². The van der Waals surface area contributed by atoms with Crippen molar-refractivity contribution in [3.63, 3.8) is 0 Å². The summed E-state index contributed by atoms with van der Waals surface area (Å²) in [6.07, 6.45) is -0.314. The number of amides is 9. The van der Waals surface area contributed by atoms with Crippen molar-refractivity contribution in [1.82, 2.24) is 47.9 Å². The van der Waals surface area contributed by atoms with Crippen LogP contribution in [0.4, 0.5) is 0 Å². The second-order valence-electron chi connectivity index (χ2n) is 20.2. The van der Waals surface area contributed by atoms with Crippen LogP contribution < -0.4 is 65.1 Å². The quantitative estimate of drug-likeness (QED) is 0.0317. The fourth-order valence-corrected chi connectivity index (χ4v) is 7.93. The summed E-state index contributed by atoms with van der Waals surface area (Å²) in [7, 11) is 0. The topological polar surface area (TPSA) is 452 Å². The third-order valence-corrected chi connectivity index (χ3v) is 12.7. The van der Waals surface area contributed by atoms with Gasteiger partial charge in [0.1, 0.15) is 54.4 Å². The first-order valence-corrected chi connectivity index (χ1v) is 26.7. The lowest BCUT2D eigenvalue weighted by Gasteiger charge is -2.30. The molecule has 0 saturated heterocycles. The van der Waals surface area contributed by atoms with E-state index in [1.54, 1.807) is 71.9 Å². The van der Waals surface area contributed by atoms with Crippen molar-refractivity contribution >= 4 is 71.1 Å². The predicted molar refractivity (Wildman–Crippen MR) is 289 cm³/mol. The van der Waals surface area contributed by atoms with Crippen LogP contribution in [-0.4, -0.2) is 160 Å². The van der Waals surface area contributed by atoms with Crippen molar-refractivity contribution in [2.75, 3.05) is 19.6 Å². The summed E-state index contributed by atoms with van der Waals surface area (Å²) < 4.78 is 0. The van der Waals surface area contributed by atoms with E-state index in [9.17, 15) is 67.7 Å². The molecule has 9 amide bonds. The maximum absolute atomic E-state index is 14.4. The van der Waals surface area contributed by atoms with Gasteiger partial charge >= 0.3 is 17.9 Å². The highest BCUT2D eigenvalue weighted by Gasteiger charge is 2.37. The summed E-state index contributed by atoms with van der Waals surface area (Å²) in [5.41, 5.74) is 17.5. The van der Waals surface area contributed by atoms with Gasteiger partial charge in [0.15, 0.2) is 0 Å². The lowest BCUT2D eigenvalue weighted by atomic mass is 9.96. The minimum atomic E-state index is -1.76. The van der Waals surface area contributed by atoms with Gasteiger partial charge in [-0.3, -0.25) is 52.7 Å². The van der Waals surface area contributed by atoms with Crippen LogP contribution in [0.15, 0.2) is 30.3 Å². The molecule has 0 saturated carbocycles. The molecule has 27 heteroatoms. The van der Waals surface area contributed by atoms with Gasteiger partial charge in [-0.05, 0) is 94.7 Å². The van der Waals surface area contributed by atoms with E-state index in [1.807, 2.05) is 0 Å². The zero-order valence-electron chi connectivity index (χ0n) is 46.4. The third kappa shape index (κ3) is 26.8. The largest absolute Gasteiger partial charge is 0.481 e. The number of benzene rings is 1. The summed E-state index contributed by atoms with van der Waals surface area (Å²) in [5.74, 6) is -13.3. The number of carbonyl (C=O) groups excluding carboxylic acids is 9. The van der Waals surface area contributed by atoms with Crippen molar-refractivity contribution in [3.05, 3.63) is 35.9 Å². The van der Waals surface area contributed by atoms with Gasteiger partial charge in [0.2, 0.25) is 53.2 Å². The maximum Gasteiger partial charge on any atom is 0.326 e. The first-order chi connectivity index (χ1) is 37.2. The van der Waals surface area contributed by atoms with Crippen LogP contribution in [0.3, 0.4) is 0 Å². The van der Waals surface area contributed by atoms with E-state index in [-0.39, 0.29) is 44.7 Å². The SMILES string of the molecule is CC[C@H](C)[C@H](NC(=O)[C@H](CC(C)C)NC(=O)[C@H](CC(=O)O)NC(=O)[C@H](C)NC(=O)[C@@H](NC(=O)CN)C(C)C)C(=O)N[C@@H](CCCCN)C(=O)N[C@@H](CCCCN)C(=O)N[C@@H](Cc1ccccc1)C(=O)N[C@@H](CCC(=O)O)C(=O)O. The monoisotopic (exact) mass is 1120 g/mol. The highest BCUT2D eigenvalue weighted by Crippen LogP contribution is 2.15. The number of nitrogens with two attached hydrogens (primary N) is 3. The predicted octanol–water partition coefficient (Wildman–Crippen LogP) is -2.00. The number of aliphatic carboxylic acids is 3. The minimum absolute atomic E-state index is 0.00457. The maximum atomic E-state index is 14.4. The Morgan fingerprint density at radius 1 is 0.481 bits per heavy atom. The second kappa shape index (κ2) is 36.8. The molecule has 0 aromatic heterocycles. The Morgan fingerprint density at radius 2 is 0.949 bits per heavy atom. The normalized spacial score (nSPS) is 14.9. The molecule has 1 aromatic rings. The van der Waals surface area contributed by atoms with Gasteiger partial charge in [-0.2, -0.15) is 0 Å². The van der Waals surface area contributed by atoms with Crippen LogP contribution in [0.1, 0.15) is 125 Å². The number of unbranched alkanes of at least 4 members (excludes halogenated alkanes) is 2. The van der Waals surface area contributed by atoms with Crippen LogP contribution in [0, 0.1) is 17.8 Å². The van der Waals surface area contributed by atoms with E-state index in [0.29, 0.717) is 37.7 Å². The number of carboxylic acid groups (broad SMARTS) is 3. The number of hydrogen-bond donors (Lipinski definition) is 15. The highest BCUT2D eigenvalue weighted by atomic mass is 16.4. The Labute approximate surface area is 461 Å². The average Bonchev–Trinajstić information content (AvgIpc) is 3.38. The van der Waals surface area contributed by atoms with E-state index in [1.165, 1.54) is 6.92 Å². The molecule has 1 aromatic carbocycles. The minimum Gasteiger partial charge on any atom is -0.481 e. The fraction of sp³-hybridized carbons (Fsp3) is 0.654. The van der Waals surface area contributed by atoms with Crippen LogP contribution in [0.2, 0.25) is 0 Å². The molecule has 0 fully saturated rings. The van der Waals surface area contributed by atoms with Crippen LogP contribution in [0.25, 0.3) is 0 Å². The summed E-state index contributed by atoms with van der Waals surface area (Å²) >= 11 is 0. The molecule has 79 heavy (non-hydrogen) atoms. The molecule has 1 rings (SSSR count). The Morgan fingerprint density at radius 3 is 1.43 bits per heavy atom. The smallest absolute Gasteiger partial charge is 0.326 e. The Balaban J connectivity index is 3.53. The number of carbonyl (C=O) groups is 12. The fourth-order valence-electron chi connectivity index (χ4n) is 7.93. The Bertz CT molecular complexity index is 2200. The van der Waals surface area contributed by atoms with E-state index in [4.69, 9.17) is 22.3 Å². The van der Waals surface area contributed by atoms with Crippen molar-refractivity contribution in [2.24, 2.45) is 35.0 Å². The molecule has 0 heterocycles. The van der Waals surface area contributed by atoms with Crippen LogP contribution >= 0.6 is 0 Å². The van der Waals surface area contributed by atoms with Gasteiger partial charge in [-0.15, -0.1) is 0 Å². The van der Waals surface area contributed by atoms with Crippen LogP contribution in [-0.2, 0) is 64.0 Å². The summed E-state index contributed by atoms with van der Waals surface area (Å²) in [4.78, 5) is 158.